The molecule has 0 spiro atoms. The van der Waals surface area contributed by atoms with Gasteiger partial charge in [0.1, 0.15) is 5.75 Å². The lowest BCUT2D eigenvalue weighted by Crippen LogP contribution is -2.45. The number of likely N-dealkylation sites (N-methyl/N-ethyl adjacent to an activating group) is 1. The summed E-state index contributed by atoms with van der Waals surface area (Å²) in [6.07, 6.45) is 1.43. The van der Waals surface area contributed by atoms with E-state index in [2.05, 4.69) is 4.74 Å². The van der Waals surface area contributed by atoms with E-state index in [0.717, 1.165) is 5.56 Å². The van der Waals surface area contributed by atoms with Gasteiger partial charge in [0, 0.05) is 26.6 Å². The van der Waals surface area contributed by atoms with E-state index in [1.807, 2.05) is 0 Å². The molecule has 0 saturated carbocycles. The van der Waals surface area contributed by atoms with Crippen molar-refractivity contribution in [2.45, 2.75) is 32.3 Å². The summed E-state index contributed by atoms with van der Waals surface area (Å²) < 4.78 is 28.5. The number of carbonyl (C=O) groups excluding carboxylic acids is 2. The third kappa shape index (κ3) is 6.47. The van der Waals surface area contributed by atoms with Gasteiger partial charge in [-0.1, -0.05) is 12.1 Å². The van der Waals surface area contributed by atoms with Gasteiger partial charge in [-0.05, 0) is 37.0 Å². The Hall–Kier alpha value is -2.71. The number of benzene rings is 1. The molecular weight excluding hydrogens is 374 g/mol. The highest BCUT2D eigenvalue weighted by Crippen LogP contribution is 2.18. The molecule has 1 aromatic carbocycles. The standard InChI is InChI=1S/C19H24F2N2O5/c1-22(12-17(25)23-10-8-14(9-11-23)18(26)27)16(24)7-4-13-2-5-15(6-3-13)28-19(20)21/h2-3,5-6,14,19H,4,7-12H2,1H3,(H,26,27). The Morgan fingerprint density at radius 1 is 1.21 bits per heavy atom. The van der Waals surface area contributed by atoms with Crippen molar-refractivity contribution in [2.24, 2.45) is 5.92 Å². The van der Waals surface area contributed by atoms with E-state index >= 15 is 0 Å². The average molecular weight is 398 g/mol. The van der Waals surface area contributed by atoms with Gasteiger partial charge in [-0.15, -0.1) is 0 Å². The minimum atomic E-state index is -2.88. The Morgan fingerprint density at radius 2 is 1.82 bits per heavy atom. The molecule has 28 heavy (non-hydrogen) atoms. The number of nitrogens with zero attached hydrogens (tertiary/aromatic N) is 2. The van der Waals surface area contributed by atoms with Gasteiger partial charge in [0.25, 0.3) is 0 Å². The van der Waals surface area contributed by atoms with E-state index < -0.39 is 18.5 Å². The molecule has 0 aromatic heterocycles. The number of rotatable bonds is 8. The van der Waals surface area contributed by atoms with Crippen LogP contribution in [0.4, 0.5) is 8.78 Å². The number of carboxylic acid groups (broad SMARTS) is 1. The second-order valence-electron chi connectivity index (χ2n) is 6.77. The fourth-order valence-corrected chi connectivity index (χ4v) is 3.05. The number of halogens is 2. The molecule has 0 bridgehead atoms. The van der Waals surface area contributed by atoms with E-state index in [0.29, 0.717) is 32.4 Å². The second kappa shape index (κ2) is 10.0. The number of ether oxygens (including phenoxy) is 1. The smallest absolute Gasteiger partial charge is 0.387 e. The third-order valence-electron chi connectivity index (χ3n) is 4.77. The molecule has 1 fully saturated rings. The molecule has 2 amide bonds. The fourth-order valence-electron chi connectivity index (χ4n) is 3.05. The van der Waals surface area contributed by atoms with Gasteiger partial charge in [0.15, 0.2) is 0 Å². The molecule has 0 aliphatic carbocycles. The summed E-state index contributed by atoms with van der Waals surface area (Å²) in [4.78, 5) is 38.4. The molecule has 1 heterocycles. The normalized spacial score (nSPS) is 14.8. The molecule has 1 N–H and O–H groups in total. The molecule has 0 atom stereocenters. The predicted molar refractivity (Wildman–Crippen MR) is 96.0 cm³/mol. The monoisotopic (exact) mass is 398 g/mol. The molecule has 0 radical (unpaired) electrons. The first kappa shape index (κ1) is 21.6. The van der Waals surface area contributed by atoms with Crippen molar-refractivity contribution in [1.29, 1.82) is 0 Å². The van der Waals surface area contributed by atoms with Gasteiger partial charge in [0.05, 0.1) is 12.5 Å². The van der Waals surface area contributed by atoms with Gasteiger partial charge in [0.2, 0.25) is 11.8 Å². The minimum absolute atomic E-state index is 0.0551. The predicted octanol–water partition coefficient (Wildman–Crippen LogP) is 2.00. The molecule has 9 heteroatoms. The van der Waals surface area contributed by atoms with Crippen LogP contribution in [0.1, 0.15) is 24.8 Å². The Morgan fingerprint density at radius 3 is 2.36 bits per heavy atom. The number of likely N-dealkylation sites (tertiary alicyclic amines) is 1. The van der Waals surface area contributed by atoms with Crippen molar-refractivity contribution in [1.82, 2.24) is 9.80 Å². The summed E-state index contributed by atoms with van der Waals surface area (Å²) in [5.74, 6) is -1.61. The topological polar surface area (TPSA) is 87.2 Å². The number of aryl methyl sites for hydroxylation is 1. The van der Waals surface area contributed by atoms with Crippen LogP contribution in [0.3, 0.4) is 0 Å². The number of carboxylic acids is 1. The number of hydrogen-bond acceptors (Lipinski definition) is 4. The quantitative estimate of drug-likeness (QED) is 0.724. The Bertz CT molecular complexity index is 688. The van der Waals surface area contributed by atoms with Crippen LogP contribution in [0.5, 0.6) is 5.75 Å². The highest BCUT2D eigenvalue weighted by Gasteiger charge is 2.27. The summed E-state index contributed by atoms with van der Waals surface area (Å²) >= 11 is 0. The van der Waals surface area contributed by atoms with E-state index in [4.69, 9.17) is 5.11 Å². The lowest BCUT2D eigenvalue weighted by Gasteiger charge is -2.31. The molecule has 154 valence electrons. The number of aliphatic carboxylic acids is 1. The van der Waals surface area contributed by atoms with Crippen LogP contribution in [0.25, 0.3) is 0 Å². The number of hydrogen-bond donors (Lipinski definition) is 1. The van der Waals surface area contributed by atoms with Crippen molar-refractivity contribution in [2.75, 3.05) is 26.7 Å². The number of piperidine rings is 1. The highest BCUT2D eigenvalue weighted by molar-refractivity contribution is 5.85. The first-order valence-corrected chi connectivity index (χ1v) is 9.04. The second-order valence-corrected chi connectivity index (χ2v) is 6.77. The number of alkyl halides is 2. The van der Waals surface area contributed by atoms with Crippen LogP contribution in [-0.2, 0) is 20.8 Å². The zero-order chi connectivity index (χ0) is 20.7. The summed E-state index contributed by atoms with van der Waals surface area (Å²) in [5.41, 5.74) is 0.797. The van der Waals surface area contributed by atoms with Gasteiger partial charge < -0.3 is 19.6 Å². The van der Waals surface area contributed by atoms with Crippen LogP contribution in [0.15, 0.2) is 24.3 Å². The minimum Gasteiger partial charge on any atom is -0.481 e. The fraction of sp³-hybridized carbons (Fsp3) is 0.526. The summed E-state index contributed by atoms with van der Waals surface area (Å²) in [6, 6.07) is 6.06. The van der Waals surface area contributed by atoms with Crippen LogP contribution < -0.4 is 4.74 Å². The zero-order valence-corrected chi connectivity index (χ0v) is 15.6. The van der Waals surface area contributed by atoms with Crippen molar-refractivity contribution in [3.8, 4) is 5.75 Å². The van der Waals surface area contributed by atoms with E-state index in [-0.39, 0.29) is 30.5 Å². The largest absolute Gasteiger partial charge is 0.481 e. The molecule has 0 unspecified atom stereocenters. The number of amides is 2. The summed E-state index contributed by atoms with van der Waals surface area (Å²) in [5, 5.41) is 8.99. The van der Waals surface area contributed by atoms with Crippen molar-refractivity contribution < 1.29 is 33.0 Å². The average Bonchev–Trinajstić information content (AvgIpc) is 2.66. The lowest BCUT2D eigenvalue weighted by molar-refractivity contribution is -0.146. The van der Waals surface area contributed by atoms with Crippen molar-refractivity contribution in [3.05, 3.63) is 29.8 Å². The molecule has 1 aromatic rings. The highest BCUT2D eigenvalue weighted by atomic mass is 19.3. The van der Waals surface area contributed by atoms with Crippen molar-refractivity contribution in [3.63, 3.8) is 0 Å². The SMILES string of the molecule is CN(CC(=O)N1CCC(C(=O)O)CC1)C(=O)CCc1ccc(OC(F)F)cc1. The molecule has 1 aliphatic rings. The van der Waals surface area contributed by atoms with Crippen LogP contribution in [0, 0.1) is 5.92 Å². The lowest BCUT2D eigenvalue weighted by atomic mass is 9.97. The van der Waals surface area contributed by atoms with Crippen LogP contribution in [-0.4, -0.2) is 66.0 Å². The first-order chi connectivity index (χ1) is 13.3. The first-order valence-electron chi connectivity index (χ1n) is 9.04. The summed E-state index contributed by atoms with van der Waals surface area (Å²) in [6.45, 7) is -2.18. The maximum Gasteiger partial charge on any atom is 0.387 e. The Balaban J connectivity index is 1.75. The molecule has 1 saturated heterocycles. The van der Waals surface area contributed by atoms with Gasteiger partial charge in [-0.2, -0.15) is 8.78 Å². The van der Waals surface area contributed by atoms with E-state index in [9.17, 15) is 23.2 Å². The maximum atomic E-state index is 12.3. The van der Waals surface area contributed by atoms with Crippen LogP contribution in [0.2, 0.25) is 0 Å². The van der Waals surface area contributed by atoms with E-state index in [1.54, 1.807) is 24.1 Å². The van der Waals surface area contributed by atoms with Gasteiger partial charge in [-0.25, -0.2) is 0 Å². The summed E-state index contributed by atoms with van der Waals surface area (Å²) in [7, 11) is 1.55. The van der Waals surface area contributed by atoms with Gasteiger partial charge in [-0.3, -0.25) is 14.4 Å². The van der Waals surface area contributed by atoms with E-state index in [1.165, 1.54) is 17.0 Å². The molecule has 2 rings (SSSR count). The molecular formula is C19H24F2N2O5. The van der Waals surface area contributed by atoms with Gasteiger partial charge >= 0.3 is 12.6 Å². The maximum absolute atomic E-state index is 12.3. The molecule has 1 aliphatic heterocycles. The Labute approximate surface area is 161 Å². The third-order valence-corrected chi connectivity index (χ3v) is 4.77. The Kier molecular flexibility index (Phi) is 7.71. The van der Waals surface area contributed by atoms with Crippen LogP contribution >= 0.6 is 0 Å². The zero-order valence-electron chi connectivity index (χ0n) is 15.6. The number of carbonyl (C=O) groups is 3. The molecule has 7 nitrogen and oxygen atoms in total. The van der Waals surface area contributed by atoms with Crippen molar-refractivity contribution >= 4 is 17.8 Å².